The third-order valence-electron chi connectivity index (χ3n) is 4.15. The molecule has 0 aliphatic carbocycles. The van der Waals surface area contributed by atoms with Gasteiger partial charge in [0.1, 0.15) is 5.82 Å². The number of nitrogens with one attached hydrogen (secondary N) is 2. The van der Waals surface area contributed by atoms with Gasteiger partial charge < -0.3 is 10.6 Å². The molecule has 1 aromatic rings. The number of carbonyl (C=O) groups is 1. The van der Waals surface area contributed by atoms with Gasteiger partial charge in [-0.15, -0.1) is 0 Å². The quantitative estimate of drug-likeness (QED) is 0.773. The Morgan fingerprint density at radius 1 is 1.38 bits per heavy atom. The summed E-state index contributed by atoms with van der Waals surface area (Å²) in [7, 11) is -3.15. The Balaban J connectivity index is 1.86. The van der Waals surface area contributed by atoms with Gasteiger partial charge in [-0.1, -0.05) is 6.42 Å². The molecule has 0 bridgehead atoms. The van der Waals surface area contributed by atoms with Crippen LogP contribution in [0.3, 0.4) is 0 Å². The van der Waals surface area contributed by atoms with Crippen molar-refractivity contribution in [3.05, 3.63) is 23.9 Å². The molecular weight excluding hydrogens is 328 g/mol. The van der Waals surface area contributed by atoms with Crippen LogP contribution in [0.5, 0.6) is 0 Å². The number of nitrogens with zero attached hydrogens (tertiary/aromatic N) is 2. The molecule has 2 heterocycles. The second-order valence-corrected chi connectivity index (χ2v) is 7.97. The summed E-state index contributed by atoms with van der Waals surface area (Å²) in [6.07, 6.45) is 6.46. The summed E-state index contributed by atoms with van der Waals surface area (Å²) in [5, 5.41) is 5.92. The minimum Gasteiger partial charge on any atom is -0.370 e. The number of amides is 1. The standard InChI is InChI=1S/C16H26N4O3S/c1-3-17-16(21)13-7-8-15(19-12-13)18-10-9-14-6-4-5-11-20(14)24(2,22)23/h7-8,12,14H,3-6,9-11H2,1-2H3,(H,17,21)(H,18,19). The van der Waals surface area contributed by atoms with E-state index in [1.165, 1.54) is 12.5 Å². The molecule has 0 radical (unpaired) electrons. The molecular formula is C16H26N4O3S. The number of rotatable bonds is 7. The van der Waals surface area contributed by atoms with Crippen molar-refractivity contribution in [1.29, 1.82) is 0 Å². The molecule has 2 N–H and O–H groups in total. The van der Waals surface area contributed by atoms with Crippen LogP contribution in [0.2, 0.25) is 0 Å². The summed E-state index contributed by atoms with van der Waals surface area (Å²) < 4.78 is 25.3. The zero-order valence-electron chi connectivity index (χ0n) is 14.3. The highest BCUT2D eigenvalue weighted by molar-refractivity contribution is 7.88. The number of hydrogen-bond donors (Lipinski definition) is 2. The minimum absolute atomic E-state index is 0.0517. The van der Waals surface area contributed by atoms with Gasteiger partial charge in [0, 0.05) is 31.9 Å². The van der Waals surface area contributed by atoms with E-state index in [2.05, 4.69) is 15.6 Å². The van der Waals surface area contributed by atoms with E-state index in [1.807, 2.05) is 6.92 Å². The number of piperidine rings is 1. The van der Waals surface area contributed by atoms with Crippen molar-refractivity contribution in [2.24, 2.45) is 0 Å². The van der Waals surface area contributed by atoms with Crippen LogP contribution in [0, 0.1) is 0 Å². The van der Waals surface area contributed by atoms with Crippen molar-refractivity contribution < 1.29 is 13.2 Å². The van der Waals surface area contributed by atoms with Gasteiger partial charge in [-0.25, -0.2) is 13.4 Å². The number of hydrogen-bond acceptors (Lipinski definition) is 5. The lowest BCUT2D eigenvalue weighted by atomic mass is 10.0. The third kappa shape index (κ3) is 5.17. The van der Waals surface area contributed by atoms with Crippen LogP contribution < -0.4 is 10.6 Å². The topological polar surface area (TPSA) is 91.4 Å². The van der Waals surface area contributed by atoms with Gasteiger partial charge in [0.05, 0.1) is 11.8 Å². The first-order chi connectivity index (χ1) is 11.4. The largest absolute Gasteiger partial charge is 0.370 e. The molecule has 1 aliphatic heterocycles. The molecule has 1 aromatic heterocycles. The van der Waals surface area contributed by atoms with Crippen molar-refractivity contribution >= 4 is 21.7 Å². The maximum Gasteiger partial charge on any atom is 0.252 e. The average Bonchev–Trinajstić information content (AvgIpc) is 2.55. The number of pyridine rings is 1. The fourth-order valence-corrected chi connectivity index (χ4v) is 4.17. The smallest absolute Gasteiger partial charge is 0.252 e. The second kappa shape index (κ2) is 8.43. The summed E-state index contributed by atoms with van der Waals surface area (Å²) in [6, 6.07) is 3.54. The van der Waals surface area contributed by atoms with Crippen molar-refractivity contribution in [1.82, 2.24) is 14.6 Å². The fourth-order valence-electron chi connectivity index (χ4n) is 2.96. The van der Waals surface area contributed by atoms with Gasteiger partial charge >= 0.3 is 0 Å². The molecule has 1 aliphatic rings. The van der Waals surface area contributed by atoms with Crippen molar-refractivity contribution in [3.63, 3.8) is 0 Å². The van der Waals surface area contributed by atoms with Gasteiger partial charge in [0.25, 0.3) is 5.91 Å². The van der Waals surface area contributed by atoms with E-state index in [-0.39, 0.29) is 11.9 Å². The number of sulfonamides is 1. The molecule has 1 atom stereocenters. The number of aromatic nitrogens is 1. The molecule has 7 nitrogen and oxygen atoms in total. The SMILES string of the molecule is CCNC(=O)c1ccc(NCCC2CCCCN2S(C)(=O)=O)nc1. The van der Waals surface area contributed by atoms with Crippen LogP contribution in [0.4, 0.5) is 5.82 Å². The van der Waals surface area contributed by atoms with E-state index in [9.17, 15) is 13.2 Å². The average molecular weight is 354 g/mol. The molecule has 8 heteroatoms. The maximum atomic E-state index is 11.8. The summed E-state index contributed by atoms with van der Waals surface area (Å²) >= 11 is 0. The van der Waals surface area contributed by atoms with Crippen LogP contribution in [-0.2, 0) is 10.0 Å². The second-order valence-electron chi connectivity index (χ2n) is 6.03. The van der Waals surface area contributed by atoms with Gasteiger partial charge in [0.2, 0.25) is 10.0 Å². The molecule has 1 unspecified atom stereocenters. The Bertz CT molecular complexity index is 646. The van der Waals surface area contributed by atoms with Crippen LogP contribution in [-0.4, -0.2) is 55.5 Å². The molecule has 1 amide bonds. The molecule has 134 valence electrons. The first kappa shape index (κ1) is 18.7. The van der Waals surface area contributed by atoms with E-state index in [0.29, 0.717) is 31.0 Å². The van der Waals surface area contributed by atoms with E-state index in [4.69, 9.17) is 0 Å². The van der Waals surface area contributed by atoms with E-state index < -0.39 is 10.0 Å². The molecule has 0 spiro atoms. The summed E-state index contributed by atoms with van der Waals surface area (Å²) in [4.78, 5) is 15.9. The highest BCUT2D eigenvalue weighted by Crippen LogP contribution is 2.22. The van der Waals surface area contributed by atoms with Crippen molar-refractivity contribution in [3.8, 4) is 0 Å². The number of anilines is 1. The monoisotopic (exact) mass is 354 g/mol. The van der Waals surface area contributed by atoms with E-state index in [1.54, 1.807) is 16.4 Å². The van der Waals surface area contributed by atoms with Gasteiger partial charge in [0.15, 0.2) is 0 Å². The highest BCUT2D eigenvalue weighted by atomic mass is 32.2. The molecule has 24 heavy (non-hydrogen) atoms. The zero-order chi connectivity index (χ0) is 17.6. The normalized spacial score (nSPS) is 19.0. The highest BCUT2D eigenvalue weighted by Gasteiger charge is 2.28. The lowest BCUT2D eigenvalue weighted by Gasteiger charge is -2.33. The predicted octanol–water partition coefficient (Wildman–Crippen LogP) is 1.45. The van der Waals surface area contributed by atoms with Crippen molar-refractivity contribution in [2.45, 2.75) is 38.6 Å². The maximum absolute atomic E-state index is 11.8. The van der Waals surface area contributed by atoms with E-state index >= 15 is 0 Å². The molecule has 1 fully saturated rings. The Kier molecular flexibility index (Phi) is 6.56. The number of carbonyl (C=O) groups excluding carboxylic acids is 1. The lowest BCUT2D eigenvalue weighted by molar-refractivity contribution is 0.0955. The van der Waals surface area contributed by atoms with Crippen LogP contribution >= 0.6 is 0 Å². The summed E-state index contributed by atoms with van der Waals surface area (Å²) in [5.74, 6) is 0.548. The molecule has 0 saturated carbocycles. The Hall–Kier alpha value is -1.67. The third-order valence-corrected chi connectivity index (χ3v) is 5.48. The van der Waals surface area contributed by atoms with E-state index in [0.717, 1.165) is 25.7 Å². The van der Waals surface area contributed by atoms with Crippen LogP contribution in [0.15, 0.2) is 18.3 Å². The summed E-state index contributed by atoms with van der Waals surface area (Å²) in [5.41, 5.74) is 0.526. The Labute approximate surface area is 143 Å². The molecule has 0 aromatic carbocycles. The van der Waals surface area contributed by atoms with Crippen molar-refractivity contribution in [2.75, 3.05) is 31.2 Å². The minimum atomic E-state index is -3.15. The van der Waals surface area contributed by atoms with Crippen LogP contribution in [0.1, 0.15) is 43.0 Å². The first-order valence-electron chi connectivity index (χ1n) is 8.36. The molecule has 1 saturated heterocycles. The van der Waals surface area contributed by atoms with Gasteiger partial charge in [-0.2, -0.15) is 4.31 Å². The zero-order valence-corrected chi connectivity index (χ0v) is 15.1. The Morgan fingerprint density at radius 2 is 2.17 bits per heavy atom. The lowest BCUT2D eigenvalue weighted by Crippen LogP contribution is -2.43. The summed E-state index contributed by atoms with van der Waals surface area (Å²) in [6.45, 7) is 3.70. The van der Waals surface area contributed by atoms with Crippen LogP contribution in [0.25, 0.3) is 0 Å². The fraction of sp³-hybridized carbons (Fsp3) is 0.625. The van der Waals surface area contributed by atoms with Gasteiger partial charge in [-0.3, -0.25) is 4.79 Å². The Morgan fingerprint density at radius 3 is 2.79 bits per heavy atom. The van der Waals surface area contributed by atoms with Gasteiger partial charge in [-0.05, 0) is 38.3 Å². The predicted molar refractivity (Wildman–Crippen MR) is 94.5 cm³/mol. The first-order valence-corrected chi connectivity index (χ1v) is 10.2. The molecule has 2 rings (SSSR count).